The molecule has 1 aromatic rings. The van der Waals surface area contributed by atoms with Gasteiger partial charge in [0, 0.05) is 22.7 Å². The summed E-state index contributed by atoms with van der Waals surface area (Å²) >= 11 is 5.86. The molecule has 2 rings (SSSR count). The van der Waals surface area contributed by atoms with Gasteiger partial charge in [-0.3, -0.25) is 9.59 Å². The Kier molecular flexibility index (Phi) is 5.59. The zero-order valence-electron chi connectivity index (χ0n) is 11.8. The molecule has 0 aliphatic heterocycles. The van der Waals surface area contributed by atoms with Gasteiger partial charge >= 0.3 is 0 Å². The third-order valence-electron chi connectivity index (χ3n) is 3.79. The highest BCUT2D eigenvalue weighted by molar-refractivity contribution is 6.30. The SMILES string of the molecule is NC(=O)C1CCC(NCC(=O)Nc2cccc(Cl)c2)CC1. The van der Waals surface area contributed by atoms with Crippen LogP contribution in [0.1, 0.15) is 25.7 Å². The third kappa shape index (κ3) is 5.02. The standard InChI is InChI=1S/C15H20ClN3O2/c16-11-2-1-3-13(8-11)19-14(20)9-18-12-6-4-10(5-7-12)15(17)21/h1-3,8,10,12,18H,4-7,9H2,(H2,17,21)(H,19,20). The third-order valence-corrected chi connectivity index (χ3v) is 4.02. The topological polar surface area (TPSA) is 84.2 Å². The lowest BCUT2D eigenvalue weighted by Gasteiger charge is -2.27. The van der Waals surface area contributed by atoms with E-state index in [2.05, 4.69) is 10.6 Å². The van der Waals surface area contributed by atoms with E-state index in [1.807, 2.05) is 0 Å². The van der Waals surface area contributed by atoms with Crippen LogP contribution < -0.4 is 16.4 Å². The molecule has 4 N–H and O–H groups in total. The van der Waals surface area contributed by atoms with Crippen LogP contribution in [0.5, 0.6) is 0 Å². The van der Waals surface area contributed by atoms with Gasteiger partial charge in [0.25, 0.3) is 0 Å². The average molecular weight is 310 g/mol. The van der Waals surface area contributed by atoms with Crippen LogP contribution in [-0.4, -0.2) is 24.4 Å². The maximum absolute atomic E-state index is 11.8. The molecule has 0 atom stereocenters. The van der Waals surface area contributed by atoms with Gasteiger partial charge in [-0.15, -0.1) is 0 Å². The number of carbonyl (C=O) groups excluding carboxylic acids is 2. The number of amides is 2. The predicted octanol–water partition coefficient (Wildman–Crippen LogP) is 1.91. The molecule has 1 aromatic carbocycles. The second-order valence-electron chi connectivity index (χ2n) is 5.39. The van der Waals surface area contributed by atoms with E-state index in [-0.39, 0.29) is 30.3 Å². The second-order valence-corrected chi connectivity index (χ2v) is 5.83. The lowest BCUT2D eigenvalue weighted by Crippen LogP contribution is -2.40. The molecule has 0 radical (unpaired) electrons. The fourth-order valence-corrected chi connectivity index (χ4v) is 2.78. The van der Waals surface area contributed by atoms with Crippen LogP contribution >= 0.6 is 11.6 Å². The first kappa shape index (κ1) is 15.8. The Morgan fingerprint density at radius 2 is 1.95 bits per heavy atom. The number of nitrogens with one attached hydrogen (secondary N) is 2. The van der Waals surface area contributed by atoms with Crippen LogP contribution in [0.25, 0.3) is 0 Å². The largest absolute Gasteiger partial charge is 0.369 e. The normalized spacial score (nSPS) is 21.8. The van der Waals surface area contributed by atoms with E-state index in [1.54, 1.807) is 24.3 Å². The Hall–Kier alpha value is -1.59. The Labute approximate surface area is 129 Å². The van der Waals surface area contributed by atoms with Crippen LogP contribution in [0.2, 0.25) is 5.02 Å². The molecule has 114 valence electrons. The minimum absolute atomic E-state index is 0.0108. The number of halogens is 1. The monoisotopic (exact) mass is 309 g/mol. The summed E-state index contributed by atoms with van der Waals surface area (Å²) in [5.41, 5.74) is 5.99. The summed E-state index contributed by atoms with van der Waals surface area (Å²) in [7, 11) is 0. The minimum Gasteiger partial charge on any atom is -0.369 e. The van der Waals surface area contributed by atoms with Gasteiger partial charge in [-0.05, 0) is 43.9 Å². The van der Waals surface area contributed by atoms with E-state index in [0.717, 1.165) is 25.7 Å². The van der Waals surface area contributed by atoms with Crippen molar-refractivity contribution in [2.45, 2.75) is 31.7 Å². The number of hydrogen-bond donors (Lipinski definition) is 3. The molecule has 2 amide bonds. The molecule has 1 saturated carbocycles. The van der Waals surface area contributed by atoms with Crippen molar-refractivity contribution < 1.29 is 9.59 Å². The average Bonchev–Trinajstić information content (AvgIpc) is 2.45. The Morgan fingerprint density at radius 3 is 2.57 bits per heavy atom. The van der Waals surface area contributed by atoms with E-state index in [0.29, 0.717) is 10.7 Å². The highest BCUT2D eigenvalue weighted by atomic mass is 35.5. The molecule has 0 bridgehead atoms. The molecule has 0 saturated heterocycles. The lowest BCUT2D eigenvalue weighted by atomic mass is 9.85. The van der Waals surface area contributed by atoms with Crippen molar-refractivity contribution in [3.63, 3.8) is 0 Å². The molecule has 6 heteroatoms. The van der Waals surface area contributed by atoms with Gasteiger partial charge in [0.2, 0.25) is 11.8 Å². The summed E-state index contributed by atoms with van der Waals surface area (Å²) in [6.07, 6.45) is 3.34. The fourth-order valence-electron chi connectivity index (χ4n) is 2.59. The molecular formula is C15H20ClN3O2. The van der Waals surface area contributed by atoms with Crippen LogP contribution in [0.3, 0.4) is 0 Å². The van der Waals surface area contributed by atoms with Crippen LogP contribution in [0.4, 0.5) is 5.69 Å². The number of primary amides is 1. The van der Waals surface area contributed by atoms with Gasteiger partial charge in [0.05, 0.1) is 6.54 Å². The van der Waals surface area contributed by atoms with Crippen LogP contribution in [-0.2, 0) is 9.59 Å². The molecule has 0 spiro atoms. The summed E-state index contributed by atoms with van der Waals surface area (Å²) in [5, 5.41) is 6.60. The number of anilines is 1. The van der Waals surface area contributed by atoms with E-state index in [4.69, 9.17) is 17.3 Å². The van der Waals surface area contributed by atoms with Crippen molar-refractivity contribution in [2.75, 3.05) is 11.9 Å². The summed E-state index contributed by atoms with van der Waals surface area (Å²) in [6, 6.07) is 7.31. The van der Waals surface area contributed by atoms with Crippen molar-refractivity contribution in [3.05, 3.63) is 29.3 Å². The molecule has 1 fully saturated rings. The van der Waals surface area contributed by atoms with Crippen molar-refractivity contribution in [1.82, 2.24) is 5.32 Å². The number of nitrogens with two attached hydrogens (primary N) is 1. The smallest absolute Gasteiger partial charge is 0.238 e. The summed E-state index contributed by atoms with van der Waals surface area (Å²) < 4.78 is 0. The molecule has 0 heterocycles. The molecule has 1 aliphatic rings. The van der Waals surface area contributed by atoms with Gasteiger partial charge in [0.15, 0.2) is 0 Å². The molecule has 5 nitrogen and oxygen atoms in total. The van der Waals surface area contributed by atoms with Gasteiger partial charge in [0.1, 0.15) is 0 Å². The first-order chi connectivity index (χ1) is 10.0. The maximum Gasteiger partial charge on any atom is 0.238 e. The minimum atomic E-state index is -0.216. The molecule has 0 aromatic heterocycles. The predicted molar refractivity (Wildman–Crippen MR) is 83.0 cm³/mol. The van der Waals surface area contributed by atoms with Crippen LogP contribution in [0, 0.1) is 5.92 Å². The number of benzene rings is 1. The number of carbonyl (C=O) groups is 2. The van der Waals surface area contributed by atoms with E-state index in [9.17, 15) is 9.59 Å². The van der Waals surface area contributed by atoms with E-state index >= 15 is 0 Å². The highest BCUT2D eigenvalue weighted by Crippen LogP contribution is 2.23. The first-order valence-corrected chi connectivity index (χ1v) is 7.50. The van der Waals surface area contributed by atoms with E-state index in [1.165, 1.54) is 0 Å². The Bertz CT molecular complexity index is 513. The Balaban J connectivity index is 1.71. The number of rotatable bonds is 5. The van der Waals surface area contributed by atoms with Crippen LogP contribution in [0.15, 0.2) is 24.3 Å². The summed E-state index contributed by atoms with van der Waals surface area (Å²) in [6.45, 7) is 0.248. The van der Waals surface area contributed by atoms with Crippen molar-refractivity contribution >= 4 is 29.1 Å². The van der Waals surface area contributed by atoms with Gasteiger partial charge in [-0.2, -0.15) is 0 Å². The Morgan fingerprint density at radius 1 is 1.24 bits per heavy atom. The summed E-state index contributed by atoms with van der Waals surface area (Å²) in [5.74, 6) is -0.329. The highest BCUT2D eigenvalue weighted by Gasteiger charge is 2.24. The first-order valence-electron chi connectivity index (χ1n) is 7.12. The quantitative estimate of drug-likeness (QED) is 0.777. The summed E-state index contributed by atoms with van der Waals surface area (Å²) in [4.78, 5) is 22.9. The van der Waals surface area contributed by atoms with Gasteiger partial charge in [-0.25, -0.2) is 0 Å². The van der Waals surface area contributed by atoms with Crippen molar-refractivity contribution in [1.29, 1.82) is 0 Å². The van der Waals surface area contributed by atoms with Gasteiger partial charge < -0.3 is 16.4 Å². The molecule has 21 heavy (non-hydrogen) atoms. The molecule has 1 aliphatic carbocycles. The zero-order valence-corrected chi connectivity index (χ0v) is 12.5. The molecule has 0 unspecified atom stereocenters. The van der Waals surface area contributed by atoms with Crippen molar-refractivity contribution in [3.8, 4) is 0 Å². The van der Waals surface area contributed by atoms with Crippen molar-refractivity contribution in [2.24, 2.45) is 11.7 Å². The second kappa shape index (κ2) is 7.43. The fraction of sp³-hybridized carbons (Fsp3) is 0.467. The maximum atomic E-state index is 11.8. The van der Waals surface area contributed by atoms with E-state index < -0.39 is 0 Å². The zero-order chi connectivity index (χ0) is 15.2. The lowest BCUT2D eigenvalue weighted by molar-refractivity contribution is -0.123. The number of hydrogen-bond acceptors (Lipinski definition) is 3. The van der Waals surface area contributed by atoms with Gasteiger partial charge in [-0.1, -0.05) is 17.7 Å². The molecular weight excluding hydrogens is 290 g/mol.